The Hall–Kier alpha value is -1.47. The fourth-order valence-electron chi connectivity index (χ4n) is 2.23. The molecule has 2 atom stereocenters. The minimum Gasteiger partial charge on any atom is -0.481 e. The van der Waals surface area contributed by atoms with Crippen LogP contribution in [0, 0.1) is 11.8 Å². The van der Waals surface area contributed by atoms with Gasteiger partial charge in [0.05, 0.1) is 11.8 Å². The molecule has 20 heavy (non-hydrogen) atoms. The van der Waals surface area contributed by atoms with Gasteiger partial charge in [-0.25, -0.2) is 4.79 Å². The van der Waals surface area contributed by atoms with Crippen molar-refractivity contribution in [1.82, 2.24) is 10.2 Å². The Morgan fingerprint density at radius 1 is 1.30 bits per heavy atom. The molecule has 0 unspecified atom stereocenters. The first-order valence-electron chi connectivity index (χ1n) is 6.59. The summed E-state index contributed by atoms with van der Waals surface area (Å²) in [6.07, 6.45) is -1.97. The van der Waals surface area contributed by atoms with E-state index < -0.39 is 43.1 Å². The van der Waals surface area contributed by atoms with E-state index in [0.717, 1.165) is 24.2 Å². The van der Waals surface area contributed by atoms with Crippen LogP contribution in [-0.4, -0.2) is 47.8 Å². The zero-order valence-electron chi connectivity index (χ0n) is 11.2. The molecule has 0 spiro atoms. The van der Waals surface area contributed by atoms with Crippen molar-refractivity contribution in [1.29, 1.82) is 0 Å². The van der Waals surface area contributed by atoms with Gasteiger partial charge in [-0.2, -0.15) is 13.2 Å². The molecule has 1 heterocycles. The number of likely N-dealkylation sites (tertiary alicyclic amines) is 1. The Morgan fingerprint density at radius 2 is 1.95 bits per heavy atom. The number of rotatable bonds is 5. The smallest absolute Gasteiger partial charge is 0.394 e. The zero-order chi connectivity index (χ0) is 15.3. The summed E-state index contributed by atoms with van der Waals surface area (Å²) in [7, 11) is 0. The number of alkyl halides is 3. The number of amides is 2. The lowest BCUT2D eigenvalue weighted by Gasteiger charge is -2.18. The van der Waals surface area contributed by atoms with Gasteiger partial charge in [0.25, 0.3) is 0 Å². The number of unbranched alkanes of at least 4 members (excludes halogenated alkanes) is 2. The van der Waals surface area contributed by atoms with Crippen LogP contribution in [0.3, 0.4) is 0 Å². The van der Waals surface area contributed by atoms with E-state index in [1.54, 1.807) is 0 Å². The fourth-order valence-corrected chi connectivity index (χ4v) is 2.23. The Kier molecular flexibility index (Phi) is 5.64. The molecule has 116 valence electrons. The van der Waals surface area contributed by atoms with Gasteiger partial charge in [0.1, 0.15) is 0 Å². The van der Waals surface area contributed by atoms with E-state index >= 15 is 0 Å². The number of carbonyl (C=O) groups excluding carboxylic acids is 1. The lowest BCUT2D eigenvalue weighted by Crippen LogP contribution is -2.39. The standard InChI is InChI=1S/C12H19F3N2O3/c1-2-3-4-5-16-11(20)17-6-8(10(18)19)9(7-17)12(13,14)15/h8-9H,2-7H2,1H3,(H,16,20)(H,18,19)/t8-,9-/m1/s1. The van der Waals surface area contributed by atoms with Crippen molar-refractivity contribution in [2.75, 3.05) is 19.6 Å². The van der Waals surface area contributed by atoms with Gasteiger partial charge in [-0.1, -0.05) is 19.8 Å². The molecule has 0 aliphatic carbocycles. The van der Waals surface area contributed by atoms with E-state index in [1.165, 1.54) is 0 Å². The molecular formula is C12H19F3N2O3. The molecule has 0 bridgehead atoms. The average Bonchev–Trinajstić information content (AvgIpc) is 2.79. The molecule has 1 saturated heterocycles. The molecule has 2 N–H and O–H groups in total. The predicted molar refractivity (Wildman–Crippen MR) is 65.2 cm³/mol. The maximum atomic E-state index is 12.7. The summed E-state index contributed by atoms with van der Waals surface area (Å²) in [5, 5.41) is 11.4. The predicted octanol–water partition coefficient (Wildman–Crippen LogP) is 2.08. The lowest BCUT2D eigenvalue weighted by atomic mass is 9.96. The number of halogens is 3. The highest BCUT2D eigenvalue weighted by Crippen LogP contribution is 2.37. The van der Waals surface area contributed by atoms with E-state index in [1.807, 2.05) is 6.92 Å². The van der Waals surface area contributed by atoms with Crippen LogP contribution in [0.25, 0.3) is 0 Å². The van der Waals surface area contributed by atoms with E-state index in [9.17, 15) is 22.8 Å². The molecule has 5 nitrogen and oxygen atoms in total. The maximum Gasteiger partial charge on any atom is 0.394 e. The summed E-state index contributed by atoms with van der Waals surface area (Å²) in [6.45, 7) is 1.38. The number of nitrogens with one attached hydrogen (secondary N) is 1. The summed E-state index contributed by atoms with van der Waals surface area (Å²) >= 11 is 0. The largest absolute Gasteiger partial charge is 0.481 e. The molecule has 8 heteroatoms. The topological polar surface area (TPSA) is 69.6 Å². The Morgan fingerprint density at radius 3 is 2.40 bits per heavy atom. The van der Waals surface area contributed by atoms with Crippen LogP contribution in [-0.2, 0) is 4.79 Å². The highest BCUT2D eigenvalue weighted by atomic mass is 19.4. The van der Waals surface area contributed by atoms with E-state index in [4.69, 9.17) is 5.11 Å². The van der Waals surface area contributed by atoms with Crippen LogP contribution in [0.4, 0.5) is 18.0 Å². The van der Waals surface area contributed by atoms with Crippen LogP contribution in [0.5, 0.6) is 0 Å². The van der Waals surface area contributed by atoms with E-state index in [0.29, 0.717) is 6.54 Å². The molecule has 0 aromatic carbocycles. The summed E-state index contributed by atoms with van der Waals surface area (Å²) in [4.78, 5) is 23.5. The van der Waals surface area contributed by atoms with Gasteiger partial charge in [-0.15, -0.1) is 0 Å². The third-order valence-electron chi connectivity index (χ3n) is 3.40. The molecule has 0 aromatic rings. The fraction of sp³-hybridized carbons (Fsp3) is 0.833. The third-order valence-corrected chi connectivity index (χ3v) is 3.40. The normalized spacial score (nSPS) is 22.9. The number of urea groups is 1. The van der Waals surface area contributed by atoms with Gasteiger partial charge >= 0.3 is 18.2 Å². The second-order valence-electron chi connectivity index (χ2n) is 4.94. The highest BCUT2D eigenvalue weighted by Gasteiger charge is 2.53. The number of carbonyl (C=O) groups is 2. The summed E-state index contributed by atoms with van der Waals surface area (Å²) in [5.74, 6) is -5.11. The zero-order valence-corrected chi connectivity index (χ0v) is 11.2. The Bertz CT molecular complexity index is 360. The molecule has 0 saturated carbocycles. The molecule has 1 aliphatic heterocycles. The lowest BCUT2D eigenvalue weighted by molar-refractivity contribution is -0.187. The number of carboxylic acid groups (broad SMARTS) is 1. The first kappa shape index (κ1) is 16.6. The Labute approximate surface area is 115 Å². The first-order chi connectivity index (χ1) is 9.27. The molecule has 1 aliphatic rings. The van der Waals surface area contributed by atoms with E-state index in [-0.39, 0.29) is 0 Å². The van der Waals surface area contributed by atoms with Gasteiger partial charge < -0.3 is 15.3 Å². The molecule has 1 rings (SSSR count). The van der Waals surface area contributed by atoms with Crippen molar-refractivity contribution < 1.29 is 27.9 Å². The van der Waals surface area contributed by atoms with Crippen molar-refractivity contribution in [2.45, 2.75) is 32.4 Å². The number of hydrogen-bond donors (Lipinski definition) is 2. The van der Waals surface area contributed by atoms with Crippen LogP contribution in [0.15, 0.2) is 0 Å². The van der Waals surface area contributed by atoms with Crippen LogP contribution >= 0.6 is 0 Å². The monoisotopic (exact) mass is 296 g/mol. The van der Waals surface area contributed by atoms with Gasteiger partial charge in [0.15, 0.2) is 0 Å². The SMILES string of the molecule is CCCCCNC(=O)N1C[C@@H](C(F)(F)F)[C@H](C(=O)O)C1. The third kappa shape index (κ3) is 4.28. The molecule has 2 amide bonds. The van der Waals surface area contributed by atoms with Crippen molar-refractivity contribution >= 4 is 12.0 Å². The van der Waals surface area contributed by atoms with Gasteiger partial charge in [0, 0.05) is 19.6 Å². The van der Waals surface area contributed by atoms with Crippen molar-refractivity contribution in [2.24, 2.45) is 11.8 Å². The minimum absolute atomic E-state index is 0.387. The first-order valence-corrected chi connectivity index (χ1v) is 6.59. The van der Waals surface area contributed by atoms with Gasteiger partial charge in [-0.3, -0.25) is 4.79 Å². The summed E-state index contributed by atoms with van der Waals surface area (Å²) in [6, 6.07) is -0.626. The van der Waals surface area contributed by atoms with Crippen molar-refractivity contribution in [3.8, 4) is 0 Å². The molecular weight excluding hydrogens is 277 g/mol. The summed E-state index contributed by atoms with van der Waals surface area (Å²) in [5.41, 5.74) is 0. The van der Waals surface area contributed by atoms with Crippen LogP contribution < -0.4 is 5.32 Å². The highest BCUT2D eigenvalue weighted by molar-refractivity contribution is 5.77. The van der Waals surface area contributed by atoms with Gasteiger partial charge in [0.2, 0.25) is 0 Å². The molecule has 0 radical (unpaired) electrons. The van der Waals surface area contributed by atoms with Gasteiger partial charge in [-0.05, 0) is 6.42 Å². The van der Waals surface area contributed by atoms with E-state index in [2.05, 4.69) is 5.32 Å². The second kappa shape index (κ2) is 6.81. The molecule has 1 fully saturated rings. The number of hydrogen-bond acceptors (Lipinski definition) is 2. The number of carboxylic acids is 1. The number of aliphatic carboxylic acids is 1. The molecule has 0 aromatic heterocycles. The van der Waals surface area contributed by atoms with Crippen LogP contribution in [0.1, 0.15) is 26.2 Å². The van der Waals surface area contributed by atoms with Crippen LogP contribution in [0.2, 0.25) is 0 Å². The van der Waals surface area contributed by atoms with Crippen molar-refractivity contribution in [3.05, 3.63) is 0 Å². The summed E-state index contributed by atoms with van der Waals surface area (Å²) < 4.78 is 38.2. The quantitative estimate of drug-likeness (QED) is 0.763. The minimum atomic E-state index is -4.61. The maximum absolute atomic E-state index is 12.7. The second-order valence-corrected chi connectivity index (χ2v) is 4.94. The number of nitrogens with zero attached hydrogens (tertiary/aromatic N) is 1. The Balaban J connectivity index is 2.57. The van der Waals surface area contributed by atoms with Crippen molar-refractivity contribution in [3.63, 3.8) is 0 Å². The average molecular weight is 296 g/mol.